The molecule has 0 saturated heterocycles. The Morgan fingerprint density at radius 3 is 2.71 bits per heavy atom. The minimum atomic E-state index is -0.323. The molecule has 2 rings (SSSR count). The number of hydrogen-bond acceptors (Lipinski definition) is 4. The van der Waals surface area contributed by atoms with E-state index in [2.05, 4.69) is 19.2 Å². The zero-order valence-electron chi connectivity index (χ0n) is 13.2. The zero-order valence-corrected chi connectivity index (χ0v) is 13.2. The lowest BCUT2D eigenvalue weighted by molar-refractivity contribution is 0.0526. The Morgan fingerprint density at radius 1 is 1.38 bits per heavy atom. The van der Waals surface area contributed by atoms with Crippen molar-refractivity contribution >= 4 is 17.3 Å². The average Bonchev–Trinajstić information content (AvgIpc) is 2.82. The van der Waals surface area contributed by atoms with Crippen molar-refractivity contribution in [3.05, 3.63) is 23.8 Å². The number of benzene rings is 1. The number of carbonyl (C=O) groups excluding carboxylic acids is 1. The van der Waals surface area contributed by atoms with Gasteiger partial charge in [0.15, 0.2) is 0 Å². The number of rotatable bonds is 5. The topological polar surface area (TPSA) is 64.3 Å². The summed E-state index contributed by atoms with van der Waals surface area (Å²) in [5, 5.41) is 3.54. The second-order valence-corrected chi connectivity index (χ2v) is 5.88. The first-order valence-corrected chi connectivity index (χ1v) is 7.90. The molecule has 1 aliphatic carbocycles. The van der Waals surface area contributed by atoms with Crippen LogP contribution in [0.1, 0.15) is 50.4 Å². The van der Waals surface area contributed by atoms with Gasteiger partial charge in [0.1, 0.15) is 0 Å². The summed E-state index contributed by atoms with van der Waals surface area (Å²) in [6.07, 6.45) is 3.69. The van der Waals surface area contributed by atoms with Crippen LogP contribution in [-0.4, -0.2) is 18.6 Å². The van der Waals surface area contributed by atoms with E-state index in [0.717, 1.165) is 11.6 Å². The smallest absolute Gasteiger partial charge is 0.338 e. The standard InChI is InChI=1S/C17H26N2O2/c1-4-12-6-8-15(11(12)3)19-16-9-7-13(10-14(16)18)17(20)21-5-2/h7,9-12,15,19H,4-6,8,18H2,1-3H3. The van der Waals surface area contributed by atoms with Gasteiger partial charge in [-0.25, -0.2) is 4.79 Å². The van der Waals surface area contributed by atoms with Gasteiger partial charge in [0.25, 0.3) is 0 Å². The van der Waals surface area contributed by atoms with E-state index in [1.54, 1.807) is 19.1 Å². The first-order chi connectivity index (χ1) is 10.1. The molecule has 3 unspecified atom stereocenters. The normalized spacial score (nSPS) is 24.8. The predicted octanol–water partition coefficient (Wildman–Crippen LogP) is 3.68. The van der Waals surface area contributed by atoms with Gasteiger partial charge in [0, 0.05) is 6.04 Å². The van der Waals surface area contributed by atoms with E-state index in [9.17, 15) is 4.79 Å². The van der Waals surface area contributed by atoms with Gasteiger partial charge in [0.2, 0.25) is 0 Å². The second kappa shape index (κ2) is 6.83. The first kappa shape index (κ1) is 15.7. The number of hydrogen-bond donors (Lipinski definition) is 2. The lowest BCUT2D eigenvalue weighted by Gasteiger charge is -2.23. The first-order valence-electron chi connectivity index (χ1n) is 7.90. The van der Waals surface area contributed by atoms with E-state index in [0.29, 0.717) is 29.8 Å². The van der Waals surface area contributed by atoms with E-state index >= 15 is 0 Å². The Morgan fingerprint density at radius 2 is 2.14 bits per heavy atom. The molecule has 1 aromatic carbocycles. The summed E-state index contributed by atoms with van der Waals surface area (Å²) in [6, 6.07) is 5.81. The van der Waals surface area contributed by atoms with Crippen molar-refractivity contribution in [3.63, 3.8) is 0 Å². The molecule has 3 N–H and O–H groups in total. The highest BCUT2D eigenvalue weighted by molar-refractivity contribution is 5.92. The summed E-state index contributed by atoms with van der Waals surface area (Å²) in [7, 11) is 0. The summed E-state index contributed by atoms with van der Waals surface area (Å²) in [5.41, 5.74) is 8.10. The SMILES string of the molecule is CCOC(=O)c1ccc(NC2CCC(CC)C2C)c(N)c1. The molecule has 1 fully saturated rings. The van der Waals surface area contributed by atoms with Crippen molar-refractivity contribution < 1.29 is 9.53 Å². The lowest BCUT2D eigenvalue weighted by atomic mass is 9.93. The van der Waals surface area contributed by atoms with Gasteiger partial charge in [-0.2, -0.15) is 0 Å². The Hall–Kier alpha value is -1.71. The molecular weight excluding hydrogens is 264 g/mol. The molecule has 1 aliphatic rings. The largest absolute Gasteiger partial charge is 0.462 e. The minimum Gasteiger partial charge on any atom is -0.462 e. The second-order valence-electron chi connectivity index (χ2n) is 5.88. The molecule has 1 saturated carbocycles. The number of ether oxygens (including phenoxy) is 1. The third kappa shape index (κ3) is 3.49. The van der Waals surface area contributed by atoms with Gasteiger partial charge in [0.05, 0.1) is 23.5 Å². The molecule has 0 amide bonds. The molecule has 116 valence electrons. The van der Waals surface area contributed by atoms with Crippen LogP contribution in [0.3, 0.4) is 0 Å². The van der Waals surface area contributed by atoms with Gasteiger partial charge in [-0.15, -0.1) is 0 Å². The summed E-state index contributed by atoms with van der Waals surface area (Å²) in [5.74, 6) is 1.12. The molecule has 1 aromatic rings. The summed E-state index contributed by atoms with van der Waals surface area (Å²) in [4.78, 5) is 11.7. The number of anilines is 2. The molecule has 0 spiro atoms. The highest BCUT2D eigenvalue weighted by atomic mass is 16.5. The van der Waals surface area contributed by atoms with Crippen LogP contribution in [0.4, 0.5) is 11.4 Å². The van der Waals surface area contributed by atoms with Crippen molar-refractivity contribution in [2.45, 2.75) is 46.1 Å². The molecular formula is C17H26N2O2. The molecule has 0 aromatic heterocycles. The minimum absolute atomic E-state index is 0.323. The summed E-state index contributed by atoms with van der Waals surface area (Å²) in [6.45, 7) is 6.73. The number of nitrogen functional groups attached to an aromatic ring is 1. The summed E-state index contributed by atoms with van der Waals surface area (Å²) < 4.78 is 4.99. The Bertz CT molecular complexity index is 502. The van der Waals surface area contributed by atoms with E-state index < -0.39 is 0 Å². The van der Waals surface area contributed by atoms with Gasteiger partial charge < -0.3 is 15.8 Å². The van der Waals surface area contributed by atoms with Crippen LogP contribution >= 0.6 is 0 Å². The molecule has 4 nitrogen and oxygen atoms in total. The van der Waals surface area contributed by atoms with Gasteiger partial charge in [-0.1, -0.05) is 20.3 Å². The zero-order chi connectivity index (χ0) is 15.4. The maximum absolute atomic E-state index is 11.7. The van der Waals surface area contributed by atoms with Crippen LogP contribution in [0.5, 0.6) is 0 Å². The maximum atomic E-state index is 11.7. The molecule has 0 radical (unpaired) electrons. The van der Waals surface area contributed by atoms with E-state index in [-0.39, 0.29) is 5.97 Å². The molecule has 4 heteroatoms. The van der Waals surface area contributed by atoms with E-state index in [4.69, 9.17) is 10.5 Å². The van der Waals surface area contributed by atoms with Crippen LogP contribution < -0.4 is 11.1 Å². The third-order valence-electron chi connectivity index (χ3n) is 4.65. The molecule has 0 bridgehead atoms. The van der Waals surface area contributed by atoms with Gasteiger partial charge in [-0.3, -0.25) is 0 Å². The fourth-order valence-electron chi connectivity index (χ4n) is 3.26. The van der Waals surface area contributed by atoms with E-state index in [1.807, 2.05) is 6.07 Å². The van der Waals surface area contributed by atoms with Crippen LogP contribution in [-0.2, 0) is 4.74 Å². The van der Waals surface area contributed by atoms with Crippen molar-refractivity contribution in [2.24, 2.45) is 11.8 Å². The molecule has 0 aliphatic heterocycles. The monoisotopic (exact) mass is 290 g/mol. The van der Waals surface area contributed by atoms with Crippen molar-refractivity contribution in [3.8, 4) is 0 Å². The lowest BCUT2D eigenvalue weighted by Crippen LogP contribution is -2.25. The van der Waals surface area contributed by atoms with Crippen LogP contribution in [0.15, 0.2) is 18.2 Å². The van der Waals surface area contributed by atoms with Crippen molar-refractivity contribution in [2.75, 3.05) is 17.7 Å². The fourth-order valence-corrected chi connectivity index (χ4v) is 3.26. The quantitative estimate of drug-likeness (QED) is 0.641. The Balaban J connectivity index is 2.06. The average molecular weight is 290 g/mol. The highest BCUT2D eigenvalue weighted by Crippen LogP contribution is 2.36. The number of carbonyl (C=O) groups is 1. The highest BCUT2D eigenvalue weighted by Gasteiger charge is 2.31. The van der Waals surface area contributed by atoms with Gasteiger partial charge in [-0.05, 0) is 49.8 Å². The molecule has 21 heavy (non-hydrogen) atoms. The third-order valence-corrected chi connectivity index (χ3v) is 4.65. The number of esters is 1. The number of nitrogens with two attached hydrogens (primary N) is 1. The van der Waals surface area contributed by atoms with Crippen LogP contribution in [0, 0.1) is 11.8 Å². The summed E-state index contributed by atoms with van der Waals surface area (Å²) >= 11 is 0. The van der Waals surface area contributed by atoms with Crippen molar-refractivity contribution in [1.82, 2.24) is 0 Å². The predicted molar refractivity (Wildman–Crippen MR) is 86.4 cm³/mol. The van der Waals surface area contributed by atoms with E-state index in [1.165, 1.54) is 19.3 Å². The number of nitrogens with one attached hydrogen (secondary N) is 1. The fraction of sp³-hybridized carbons (Fsp3) is 0.588. The maximum Gasteiger partial charge on any atom is 0.338 e. The van der Waals surface area contributed by atoms with Crippen LogP contribution in [0.2, 0.25) is 0 Å². The van der Waals surface area contributed by atoms with Gasteiger partial charge >= 0.3 is 5.97 Å². The Kier molecular flexibility index (Phi) is 5.10. The molecule has 3 atom stereocenters. The van der Waals surface area contributed by atoms with Crippen molar-refractivity contribution in [1.29, 1.82) is 0 Å². The van der Waals surface area contributed by atoms with Crippen LogP contribution in [0.25, 0.3) is 0 Å². The molecule has 0 heterocycles. The Labute approximate surface area is 127 Å².